The third-order valence-corrected chi connectivity index (χ3v) is 6.57. The zero-order valence-corrected chi connectivity index (χ0v) is 19.0. The first-order valence-electron chi connectivity index (χ1n) is 10.4. The molecule has 1 unspecified atom stereocenters. The highest BCUT2D eigenvalue weighted by molar-refractivity contribution is 7.09. The quantitative estimate of drug-likeness (QED) is 0.637. The Kier molecular flexibility index (Phi) is 8.05. The average molecular weight is 446 g/mol. The molecule has 2 heterocycles. The van der Waals surface area contributed by atoms with Crippen LogP contribution in [-0.4, -0.2) is 41.3 Å². The maximum absolute atomic E-state index is 12.7. The minimum atomic E-state index is -0.00582. The van der Waals surface area contributed by atoms with Gasteiger partial charge < -0.3 is 10.2 Å². The first kappa shape index (κ1) is 22.5. The number of aromatic nitrogens is 1. The van der Waals surface area contributed by atoms with Crippen molar-refractivity contribution < 1.29 is 9.59 Å². The van der Waals surface area contributed by atoms with Crippen LogP contribution >= 0.6 is 22.9 Å². The lowest BCUT2D eigenvalue weighted by atomic mass is 9.98. The van der Waals surface area contributed by atoms with E-state index >= 15 is 0 Å². The van der Waals surface area contributed by atoms with Crippen molar-refractivity contribution in [3.63, 3.8) is 0 Å². The molecule has 5 nitrogen and oxygen atoms in total. The van der Waals surface area contributed by atoms with Crippen LogP contribution in [0.3, 0.4) is 0 Å². The van der Waals surface area contributed by atoms with Gasteiger partial charge in [-0.05, 0) is 30.5 Å². The second kappa shape index (κ2) is 10.7. The summed E-state index contributed by atoms with van der Waals surface area (Å²) in [5, 5.41) is 6.71. The number of halogens is 1. The second-order valence-corrected chi connectivity index (χ2v) is 9.15. The lowest BCUT2D eigenvalue weighted by molar-refractivity contribution is -0.127. The molecular weight excluding hydrogens is 418 g/mol. The van der Waals surface area contributed by atoms with Crippen LogP contribution in [0, 0.1) is 5.92 Å². The van der Waals surface area contributed by atoms with Crippen molar-refractivity contribution in [1.82, 2.24) is 15.2 Å². The highest BCUT2D eigenvalue weighted by Gasteiger charge is 2.25. The molecular formula is C23H28ClN3O2S. The summed E-state index contributed by atoms with van der Waals surface area (Å²) in [7, 11) is 0. The summed E-state index contributed by atoms with van der Waals surface area (Å²) in [5.74, 6) is 0.332. The van der Waals surface area contributed by atoms with Crippen molar-refractivity contribution in [2.75, 3.05) is 19.6 Å². The van der Waals surface area contributed by atoms with E-state index in [1.165, 1.54) is 0 Å². The fourth-order valence-corrected chi connectivity index (χ4v) is 4.58. The number of carbonyl (C=O) groups excluding carboxylic acids is 2. The lowest BCUT2D eigenvalue weighted by Gasteiger charge is -2.31. The van der Waals surface area contributed by atoms with Gasteiger partial charge in [-0.1, -0.05) is 43.6 Å². The Morgan fingerprint density at radius 3 is 2.93 bits per heavy atom. The fourth-order valence-electron chi connectivity index (χ4n) is 3.40. The predicted octanol–water partition coefficient (Wildman–Crippen LogP) is 4.53. The Hall–Kier alpha value is -2.18. The first-order chi connectivity index (χ1) is 14.4. The summed E-state index contributed by atoms with van der Waals surface area (Å²) >= 11 is 7.81. The SMILES string of the molecule is CC(C)C(=O)NCCc1csc(C2CCCN(C(=O)/C=C/c3ccccc3Cl)C2)n1. The molecule has 2 aromatic rings. The molecule has 0 spiro atoms. The largest absolute Gasteiger partial charge is 0.355 e. The molecule has 1 saturated heterocycles. The minimum absolute atomic E-state index is 0.00582. The van der Waals surface area contributed by atoms with Gasteiger partial charge in [0.25, 0.3) is 0 Å². The summed E-state index contributed by atoms with van der Waals surface area (Å²) in [5.41, 5.74) is 1.84. The van der Waals surface area contributed by atoms with Crippen LogP contribution in [0.5, 0.6) is 0 Å². The number of benzene rings is 1. The molecule has 1 aliphatic rings. The third kappa shape index (κ3) is 6.16. The Balaban J connectivity index is 1.54. The molecule has 2 amide bonds. The number of hydrogen-bond donors (Lipinski definition) is 1. The maximum Gasteiger partial charge on any atom is 0.246 e. The number of thiazole rings is 1. The number of carbonyl (C=O) groups is 2. The summed E-state index contributed by atoms with van der Waals surface area (Å²) in [6.45, 7) is 5.82. The summed E-state index contributed by atoms with van der Waals surface area (Å²) in [6, 6.07) is 7.49. The number of nitrogens with zero attached hydrogens (tertiary/aromatic N) is 2. The van der Waals surface area contributed by atoms with Crippen molar-refractivity contribution in [2.45, 2.75) is 39.0 Å². The van der Waals surface area contributed by atoms with E-state index in [1.54, 1.807) is 23.5 Å². The monoisotopic (exact) mass is 445 g/mol. The molecule has 3 rings (SSSR count). The normalized spacial score (nSPS) is 16.9. The summed E-state index contributed by atoms with van der Waals surface area (Å²) in [4.78, 5) is 31.0. The van der Waals surface area contributed by atoms with E-state index in [9.17, 15) is 9.59 Å². The lowest BCUT2D eigenvalue weighted by Crippen LogP contribution is -2.38. The van der Waals surface area contributed by atoms with Crippen molar-refractivity contribution in [3.05, 3.63) is 57.0 Å². The van der Waals surface area contributed by atoms with Gasteiger partial charge in [0.15, 0.2) is 0 Å². The summed E-state index contributed by atoms with van der Waals surface area (Å²) in [6.07, 6.45) is 6.12. The molecule has 1 atom stereocenters. The van der Waals surface area contributed by atoms with Gasteiger partial charge in [-0.2, -0.15) is 0 Å². The molecule has 30 heavy (non-hydrogen) atoms. The Morgan fingerprint density at radius 1 is 1.37 bits per heavy atom. The molecule has 160 valence electrons. The summed E-state index contributed by atoms with van der Waals surface area (Å²) < 4.78 is 0. The van der Waals surface area contributed by atoms with Gasteiger partial charge in [0, 0.05) is 54.4 Å². The van der Waals surface area contributed by atoms with Crippen molar-refractivity contribution in [3.8, 4) is 0 Å². The number of likely N-dealkylation sites (tertiary alicyclic amines) is 1. The van der Waals surface area contributed by atoms with Crippen LogP contribution in [-0.2, 0) is 16.0 Å². The Bertz CT molecular complexity index is 909. The zero-order valence-electron chi connectivity index (χ0n) is 17.4. The fraction of sp³-hybridized carbons (Fsp3) is 0.435. The molecule has 1 aromatic heterocycles. The molecule has 1 fully saturated rings. The molecule has 0 radical (unpaired) electrons. The molecule has 0 aliphatic carbocycles. The molecule has 1 N–H and O–H groups in total. The molecule has 0 bridgehead atoms. The number of hydrogen-bond acceptors (Lipinski definition) is 4. The van der Waals surface area contributed by atoms with E-state index in [4.69, 9.17) is 16.6 Å². The Morgan fingerprint density at radius 2 is 2.17 bits per heavy atom. The van der Waals surface area contributed by atoms with E-state index in [0.717, 1.165) is 42.1 Å². The smallest absolute Gasteiger partial charge is 0.246 e. The highest BCUT2D eigenvalue weighted by Crippen LogP contribution is 2.29. The van der Waals surface area contributed by atoms with Gasteiger partial charge in [-0.15, -0.1) is 11.3 Å². The van der Waals surface area contributed by atoms with E-state index in [-0.39, 0.29) is 23.7 Å². The van der Waals surface area contributed by atoms with Crippen LogP contribution in [0.1, 0.15) is 48.9 Å². The van der Waals surface area contributed by atoms with Gasteiger partial charge >= 0.3 is 0 Å². The van der Waals surface area contributed by atoms with E-state index < -0.39 is 0 Å². The number of rotatable bonds is 7. The van der Waals surface area contributed by atoms with Crippen molar-refractivity contribution in [1.29, 1.82) is 0 Å². The Labute approximate surface area is 187 Å². The van der Waals surface area contributed by atoms with Crippen molar-refractivity contribution >= 4 is 40.8 Å². The van der Waals surface area contributed by atoms with Crippen LogP contribution in [0.25, 0.3) is 6.08 Å². The van der Waals surface area contributed by atoms with Gasteiger partial charge in [-0.3, -0.25) is 9.59 Å². The third-order valence-electron chi connectivity index (χ3n) is 5.17. The van der Waals surface area contributed by atoms with Gasteiger partial charge in [0.2, 0.25) is 11.8 Å². The van der Waals surface area contributed by atoms with Crippen LogP contribution in [0.2, 0.25) is 5.02 Å². The first-order valence-corrected chi connectivity index (χ1v) is 11.6. The van der Waals surface area contributed by atoms with E-state index in [0.29, 0.717) is 18.1 Å². The highest BCUT2D eigenvalue weighted by atomic mass is 35.5. The van der Waals surface area contributed by atoms with Crippen LogP contribution < -0.4 is 5.32 Å². The predicted molar refractivity (Wildman–Crippen MR) is 123 cm³/mol. The van der Waals surface area contributed by atoms with Gasteiger partial charge in [0.05, 0.1) is 10.7 Å². The topological polar surface area (TPSA) is 62.3 Å². The number of piperidine rings is 1. The zero-order chi connectivity index (χ0) is 21.5. The number of amides is 2. The van der Waals surface area contributed by atoms with E-state index in [2.05, 4.69) is 10.7 Å². The minimum Gasteiger partial charge on any atom is -0.355 e. The molecule has 1 aromatic carbocycles. The average Bonchev–Trinajstić information content (AvgIpc) is 3.22. The van der Waals surface area contributed by atoms with Crippen LogP contribution in [0.4, 0.5) is 0 Å². The maximum atomic E-state index is 12.7. The molecule has 1 aliphatic heterocycles. The number of nitrogens with one attached hydrogen (secondary N) is 1. The van der Waals surface area contributed by atoms with E-state index in [1.807, 2.05) is 43.0 Å². The van der Waals surface area contributed by atoms with Gasteiger partial charge in [-0.25, -0.2) is 4.98 Å². The van der Waals surface area contributed by atoms with Crippen LogP contribution in [0.15, 0.2) is 35.7 Å². The standard InChI is InChI=1S/C23H28ClN3O2S/c1-16(2)22(29)25-12-11-19-15-30-23(26-19)18-7-5-13-27(14-18)21(28)10-9-17-6-3-4-8-20(17)24/h3-4,6,8-10,15-16,18H,5,7,11-14H2,1-2H3,(H,25,29)/b10-9+. The molecule has 7 heteroatoms. The van der Waals surface area contributed by atoms with Gasteiger partial charge in [0.1, 0.15) is 0 Å². The van der Waals surface area contributed by atoms with Crippen molar-refractivity contribution in [2.24, 2.45) is 5.92 Å². The second-order valence-electron chi connectivity index (χ2n) is 7.85. The molecule has 0 saturated carbocycles.